The van der Waals surface area contributed by atoms with E-state index in [2.05, 4.69) is 48.3 Å². The van der Waals surface area contributed by atoms with Crippen LogP contribution in [0, 0.1) is 6.92 Å². The molecule has 0 amide bonds. The van der Waals surface area contributed by atoms with Crippen LogP contribution in [0.1, 0.15) is 30.4 Å². The third-order valence-electron chi connectivity index (χ3n) is 3.86. The summed E-state index contributed by atoms with van der Waals surface area (Å²) in [5.74, 6) is 0. The Kier molecular flexibility index (Phi) is 3.13. The van der Waals surface area contributed by atoms with Gasteiger partial charge in [-0.25, -0.2) is 0 Å². The number of benzene rings is 1. The van der Waals surface area contributed by atoms with E-state index in [1.165, 1.54) is 47.7 Å². The van der Waals surface area contributed by atoms with Gasteiger partial charge < -0.3 is 9.88 Å². The highest BCUT2D eigenvalue weighted by molar-refractivity contribution is 5.84. The van der Waals surface area contributed by atoms with Crippen molar-refractivity contribution in [3.63, 3.8) is 0 Å². The van der Waals surface area contributed by atoms with Gasteiger partial charge in [0.05, 0.1) is 0 Å². The van der Waals surface area contributed by atoms with Crippen molar-refractivity contribution in [2.75, 3.05) is 6.54 Å². The number of nitrogens with zero attached hydrogens (tertiary/aromatic N) is 1. The number of aromatic nitrogens is 1. The molecule has 1 aliphatic carbocycles. The first-order chi connectivity index (χ1) is 8.74. The SMILES string of the molecule is Cc1ccc2c(CCCNC3CC3)cn(C)c2c1. The summed E-state index contributed by atoms with van der Waals surface area (Å²) in [4.78, 5) is 0. The van der Waals surface area contributed by atoms with Crippen molar-refractivity contribution in [3.8, 4) is 0 Å². The number of aryl methyl sites for hydroxylation is 3. The van der Waals surface area contributed by atoms with Gasteiger partial charge in [0, 0.05) is 30.2 Å². The number of nitrogens with one attached hydrogen (secondary N) is 1. The zero-order chi connectivity index (χ0) is 12.5. The maximum Gasteiger partial charge on any atom is 0.0483 e. The van der Waals surface area contributed by atoms with Gasteiger partial charge in [-0.2, -0.15) is 0 Å². The van der Waals surface area contributed by atoms with Crippen LogP contribution >= 0.6 is 0 Å². The van der Waals surface area contributed by atoms with Crippen LogP contribution in [0.5, 0.6) is 0 Å². The number of rotatable bonds is 5. The number of hydrogen-bond acceptors (Lipinski definition) is 1. The van der Waals surface area contributed by atoms with E-state index >= 15 is 0 Å². The lowest BCUT2D eigenvalue weighted by Crippen LogP contribution is -2.17. The molecule has 1 aliphatic rings. The fraction of sp³-hybridized carbons (Fsp3) is 0.500. The second-order valence-corrected chi connectivity index (χ2v) is 5.62. The fourth-order valence-corrected chi connectivity index (χ4v) is 2.65. The van der Waals surface area contributed by atoms with Crippen molar-refractivity contribution in [2.24, 2.45) is 7.05 Å². The highest BCUT2D eigenvalue weighted by atomic mass is 14.9. The first-order valence-corrected chi connectivity index (χ1v) is 7.02. The molecule has 1 heterocycles. The second kappa shape index (κ2) is 4.77. The van der Waals surface area contributed by atoms with Crippen LogP contribution in [0.15, 0.2) is 24.4 Å². The van der Waals surface area contributed by atoms with Gasteiger partial charge in [0.25, 0.3) is 0 Å². The van der Waals surface area contributed by atoms with E-state index in [9.17, 15) is 0 Å². The monoisotopic (exact) mass is 242 g/mol. The molecule has 1 aromatic heterocycles. The zero-order valence-electron chi connectivity index (χ0n) is 11.4. The standard InChI is InChI=1S/C16H22N2/c1-12-5-8-15-13(11-18(2)16(15)10-12)4-3-9-17-14-6-7-14/h5,8,10-11,14,17H,3-4,6-7,9H2,1-2H3. The summed E-state index contributed by atoms with van der Waals surface area (Å²) in [7, 11) is 2.15. The van der Waals surface area contributed by atoms with Gasteiger partial charge in [0.2, 0.25) is 0 Å². The lowest BCUT2D eigenvalue weighted by atomic mass is 10.1. The van der Waals surface area contributed by atoms with Gasteiger partial charge in [0.1, 0.15) is 0 Å². The molecule has 2 aromatic rings. The van der Waals surface area contributed by atoms with Gasteiger partial charge in [-0.15, -0.1) is 0 Å². The molecular formula is C16H22N2. The molecule has 0 atom stereocenters. The maximum atomic E-state index is 3.58. The molecular weight excluding hydrogens is 220 g/mol. The molecule has 2 nitrogen and oxygen atoms in total. The average Bonchev–Trinajstić information content (AvgIpc) is 3.12. The van der Waals surface area contributed by atoms with Crippen molar-refractivity contribution in [1.82, 2.24) is 9.88 Å². The minimum atomic E-state index is 0.833. The molecule has 3 rings (SSSR count). The van der Waals surface area contributed by atoms with Crippen LogP contribution in [0.3, 0.4) is 0 Å². The molecule has 0 aliphatic heterocycles. The van der Waals surface area contributed by atoms with Crippen molar-refractivity contribution < 1.29 is 0 Å². The Labute approximate surface area is 109 Å². The lowest BCUT2D eigenvalue weighted by molar-refractivity contribution is 0.646. The van der Waals surface area contributed by atoms with Crippen LogP contribution in [0.4, 0.5) is 0 Å². The van der Waals surface area contributed by atoms with Gasteiger partial charge in [0.15, 0.2) is 0 Å². The van der Waals surface area contributed by atoms with E-state index in [0.29, 0.717) is 0 Å². The maximum absolute atomic E-state index is 3.58. The van der Waals surface area contributed by atoms with E-state index in [1.54, 1.807) is 0 Å². The van der Waals surface area contributed by atoms with E-state index < -0.39 is 0 Å². The Hall–Kier alpha value is -1.28. The van der Waals surface area contributed by atoms with Gasteiger partial charge in [-0.1, -0.05) is 12.1 Å². The minimum Gasteiger partial charge on any atom is -0.350 e. The van der Waals surface area contributed by atoms with Crippen LogP contribution in [-0.4, -0.2) is 17.2 Å². The normalized spacial score (nSPS) is 15.4. The van der Waals surface area contributed by atoms with E-state index in [0.717, 1.165) is 12.6 Å². The Balaban J connectivity index is 1.70. The smallest absolute Gasteiger partial charge is 0.0483 e. The fourth-order valence-electron chi connectivity index (χ4n) is 2.65. The summed E-state index contributed by atoms with van der Waals surface area (Å²) < 4.78 is 2.26. The van der Waals surface area contributed by atoms with Crippen LogP contribution in [0.2, 0.25) is 0 Å². The molecule has 1 fully saturated rings. The van der Waals surface area contributed by atoms with Crippen molar-refractivity contribution in [2.45, 2.75) is 38.6 Å². The van der Waals surface area contributed by atoms with Crippen LogP contribution in [0.25, 0.3) is 10.9 Å². The Morgan fingerprint density at radius 1 is 1.33 bits per heavy atom. The number of fused-ring (bicyclic) bond motifs is 1. The summed E-state index contributed by atoms with van der Waals surface area (Å²) in [6, 6.07) is 7.60. The van der Waals surface area contributed by atoms with Crippen molar-refractivity contribution in [1.29, 1.82) is 0 Å². The highest BCUT2D eigenvalue weighted by Gasteiger charge is 2.19. The molecule has 0 saturated heterocycles. The predicted octanol–water partition coefficient (Wildman–Crippen LogP) is 3.17. The average molecular weight is 242 g/mol. The second-order valence-electron chi connectivity index (χ2n) is 5.62. The topological polar surface area (TPSA) is 17.0 Å². The summed E-state index contributed by atoms with van der Waals surface area (Å²) in [5, 5.41) is 5.01. The third-order valence-corrected chi connectivity index (χ3v) is 3.86. The van der Waals surface area contributed by atoms with Crippen molar-refractivity contribution >= 4 is 10.9 Å². The first kappa shape index (κ1) is 11.8. The highest BCUT2D eigenvalue weighted by Crippen LogP contribution is 2.23. The van der Waals surface area contributed by atoms with E-state index in [1.807, 2.05) is 0 Å². The van der Waals surface area contributed by atoms with Crippen LogP contribution < -0.4 is 5.32 Å². The largest absolute Gasteiger partial charge is 0.350 e. The van der Waals surface area contributed by atoms with Crippen LogP contribution in [-0.2, 0) is 13.5 Å². The molecule has 0 unspecified atom stereocenters. The Morgan fingerprint density at radius 2 is 2.17 bits per heavy atom. The van der Waals surface area contributed by atoms with E-state index in [4.69, 9.17) is 0 Å². The summed E-state index contributed by atoms with van der Waals surface area (Å²) in [6.07, 6.45) is 7.48. The van der Waals surface area contributed by atoms with Gasteiger partial charge in [-0.05, 0) is 56.3 Å². The molecule has 0 bridgehead atoms. The summed E-state index contributed by atoms with van der Waals surface area (Å²) >= 11 is 0. The molecule has 18 heavy (non-hydrogen) atoms. The number of hydrogen-bond donors (Lipinski definition) is 1. The van der Waals surface area contributed by atoms with E-state index in [-0.39, 0.29) is 0 Å². The van der Waals surface area contributed by atoms with Crippen molar-refractivity contribution in [3.05, 3.63) is 35.5 Å². The predicted molar refractivity (Wildman–Crippen MR) is 77.0 cm³/mol. The summed E-state index contributed by atoms with van der Waals surface area (Å²) in [6.45, 7) is 3.32. The molecule has 0 radical (unpaired) electrons. The molecule has 1 aromatic carbocycles. The quantitative estimate of drug-likeness (QED) is 0.797. The lowest BCUT2D eigenvalue weighted by Gasteiger charge is -2.02. The summed E-state index contributed by atoms with van der Waals surface area (Å²) in [5.41, 5.74) is 4.19. The molecule has 1 saturated carbocycles. The molecule has 2 heteroatoms. The molecule has 96 valence electrons. The van der Waals surface area contributed by atoms with Gasteiger partial charge >= 0.3 is 0 Å². The Morgan fingerprint density at radius 3 is 2.94 bits per heavy atom. The zero-order valence-corrected chi connectivity index (χ0v) is 11.4. The third kappa shape index (κ3) is 2.44. The first-order valence-electron chi connectivity index (χ1n) is 7.02. The molecule has 1 N–H and O–H groups in total. The molecule has 0 spiro atoms. The van der Waals surface area contributed by atoms with Gasteiger partial charge in [-0.3, -0.25) is 0 Å². The Bertz CT molecular complexity index is 549. The minimum absolute atomic E-state index is 0.833.